The molecule has 0 bridgehead atoms. The summed E-state index contributed by atoms with van der Waals surface area (Å²) in [6, 6.07) is 10.6. The van der Waals surface area contributed by atoms with Gasteiger partial charge in [-0.2, -0.15) is 0 Å². The van der Waals surface area contributed by atoms with E-state index in [1.807, 2.05) is 18.2 Å². The van der Waals surface area contributed by atoms with Crippen molar-refractivity contribution in [1.29, 1.82) is 0 Å². The second-order valence-electron chi connectivity index (χ2n) is 5.52. The largest absolute Gasteiger partial charge is 0.469 e. The Morgan fingerprint density at radius 1 is 1.12 bits per heavy atom. The molecule has 1 atom stereocenters. The van der Waals surface area contributed by atoms with Crippen LogP contribution in [0.15, 0.2) is 47.1 Å². The predicted octanol–water partition coefficient (Wildman–Crippen LogP) is 2.34. The Morgan fingerprint density at radius 2 is 1.83 bits per heavy atom. The van der Waals surface area contributed by atoms with Crippen LogP contribution in [-0.2, 0) is 14.3 Å². The van der Waals surface area contributed by atoms with Crippen molar-refractivity contribution in [3.63, 3.8) is 0 Å². The van der Waals surface area contributed by atoms with Gasteiger partial charge in [0.25, 0.3) is 5.91 Å². The molecule has 6 heteroatoms. The summed E-state index contributed by atoms with van der Waals surface area (Å²) in [5.41, 5.74) is 0.967. The summed E-state index contributed by atoms with van der Waals surface area (Å²) >= 11 is 0. The molecule has 6 nitrogen and oxygen atoms in total. The van der Waals surface area contributed by atoms with Gasteiger partial charge in [-0.05, 0) is 13.0 Å². The molecule has 2 heterocycles. The number of benzene rings is 1. The average Bonchev–Trinajstić information content (AvgIpc) is 3.06. The summed E-state index contributed by atoms with van der Waals surface area (Å²) < 4.78 is 16.0. The van der Waals surface area contributed by atoms with Gasteiger partial charge in [0, 0.05) is 18.7 Å². The Labute approximate surface area is 140 Å². The van der Waals surface area contributed by atoms with E-state index in [0.717, 1.165) is 0 Å². The van der Waals surface area contributed by atoms with Gasteiger partial charge < -0.3 is 18.8 Å². The number of hydrogen-bond acceptors (Lipinski definition) is 5. The van der Waals surface area contributed by atoms with Crippen molar-refractivity contribution >= 4 is 11.9 Å². The second-order valence-corrected chi connectivity index (χ2v) is 5.52. The summed E-state index contributed by atoms with van der Waals surface area (Å²) in [6.07, 6.45) is 0.443. The number of carbonyl (C=O) groups excluding carboxylic acids is 2. The molecular formula is C18H19NO5. The van der Waals surface area contributed by atoms with Crippen LogP contribution in [0.1, 0.15) is 27.8 Å². The molecule has 126 valence electrons. The van der Waals surface area contributed by atoms with Crippen LogP contribution in [0.25, 0.3) is 0 Å². The molecule has 1 saturated heterocycles. The molecule has 1 aliphatic rings. The number of furan rings is 1. The minimum atomic E-state index is -0.980. The highest BCUT2D eigenvalue weighted by atomic mass is 16.5. The Bertz CT molecular complexity index is 703. The molecule has 1 fully saturated rings. The van der Waals surface area contributed by atoms with Crippen molar-refractivity contribution in [2.24, 2.45) is 0 Å². The minimum absolute atomic E-state index is 0.237. The lowest BCUT2D eigenvalue weighted by Gasteiger charge is -2.30. The fraction of sp³-hybridized carbons (Fsp3) is 0.333. The molecule has 0 saturated carbocycles. The zero-order chi connectivity index (χ0) is 16.9. The summed E-state index contributed by atoms with van der Waals surface area (Å²) in [6.45, 7) is 3.64. The summed E-state index contributed by atoms with van der Waals surface area (Å²) in [7, 11) is 0. The van der Waals surface area contributed by atoms with E-state index in [1.54, 1.807) is 30.0 Å². The van der Waals surface area contributed by atoms with Gasteiger partial charge in [-0.1, -0.05) is 30.3 Å². The maximum atomic E-state index is 12.9. The van der Waals surface area contributed by atoms with Crippen molar-refractivity contribution < 1.29 is 23.5 Å². The fourth-order valence-corrected chi connectivity index (χ4v) is 2.61. The lowest BCUT2D eigenvalue weighted by molar-refractivity contribution is -0.145. The molecule has 2 aromatic rings. The van der Waals surface area contributed by atoms with Crippen LogP contribution in [0.3, 0.4) is 0 Å². The number of carbonyl (C=O) groups is 2. The van der Waals surface area contributed by atoms with Crippen molar-refractivity contribution in [3.8, 4) is 0 Å². The van der Waals surface area contributed by atoms with Gasteiger partial charge in [0.15, 0.2) is 0 Å². The van der Waals surface area contributed by atoms with Gasteiger partial charge in [-0.3, -0.25) is 4.79 Å². The molecule has 0 radical (unpaired) electrons. The van der Waals surface area contributed by atoms with Crippen molar-refractivity contribution in [3.05, 3.63) is 59.5 Å². The SMILES string of the molecule is Cc1occc1C(=O)O[C@@H](C(=O)N1CCOCC1)c1ccccc1. The third-order valence-corrected chi connectivity index (χ3v) is 3.95. The van der Waals surface area contributed by atoms with Crippen LogP contribution in [0, 0.1) is 6.92 Å². The van der Waals surface area contributed by atoms with E-state index in [2.05, 4.69) is 0 Å². The fourth-order valence-electron chi connectivity index (χ4n) is 2.61. The van der Waals surface area contributed by atoms with E-state index in [4.69, 9.17) is 13.9 Å². The van der Waals surface area contributed by atoms with E-state index in [-0.39, 0.29) is 5.91 Å². The number of morpholine rings is 1. The first-order valence-electron chi connectivity index (χ1n) is 7.83. The number of amides is 1. The molecule has 1 aromatic heterocycles. The van der Waals surface area contributed by atoms with E-state index >= 15 is 0 Å². The zero-order valence-electron chi connectivity index (χ0n) is 13.4. The number of ether oxygens (including phenoxy) is 2. The lowest BCUT2D eigenvalue weighted by Crippen LogP contribution is -2.44. The van der Waals surface area contributed by atoms with Crippen LogP contribution >= 0.6 is 0 Å². The van der Waals surface area contributed by atoms with E-state index < -0.39 is 12.1 Å². The number of esters is 1. The average molecular weight is 329 g/mol. The molecule has 3 rings (SSSR count). The highest BCUT2D eigenvalue weighted by Crippen LogP contribution is 2.23. The quantitative estimate of drug-likeness (QED) is 0.805. The normalized spacial score (nSPS) is 15.8. The first-order valence-corrected chi connectivity index (χ1v) is 7.83. The van der Waals surface area contributed by atoms with Gasteiger partial charge in [0.1, 0.15) is 11.3 Å². The topological polar surface area (TPSA) is 69.0 Å². The Kier molecular flexibility index (Phi) is 4.96. The second kappa shape index (κ2) is 7.31. The third-order valence-electron chi connectivity index (χ3n) is 3.95. The van der Waals surface area contributed by atoms with E-state index in [1.165, 1.54) is 6.26 Å². The maximum absolute atomic E-state index is 12.9. The highest BCUT2D eigenvalue weighted by molar-refractivity contribution is 5.93. The van der Waals surface area contributed by atoms with Crippen molar-refractivity contribution in [1.82, 2.24) is 4.90 Å². The molecule has 0 unspecified atom stereocenters. The van der Waals surface area contributed by atoms with Crippen LogP contribution in [0.2, 0.25) is 0 Å². The number of aryl methyl sites for hydroxylation is 1. The minimum Gasteiger partial charge on any atom is -0.469 e. The standard InChI is InChI=1S/C18H19NO5/c1-13-15(7-10-23-13)18(21)24-16(14-5-3-2-4-6-14)17(20)19-8-11-22-12-9-19/h2-7,10,16H,8-9,11-12H2,1H3/t16-/m1/s1. The summed E-state index contributed by atoms with van der Waals surface area (Å²) in [5.74, 6) is -0.346. The van der Waals surface area contributed by atoms with Gasteiger partial charge in [0.2, 0.25) is 6.10 Å². The first kappa shape index (κ1) is 16.3. The predicted molar refractivity (Wildman–Crippen MR) is 85.4 cm³/mol. The molecule has 0 spiro atoms. The molecular weight excluding hydrogens is 310 g/mol. The van der Waals surface area contributed by atoms with Crippen LogP contribution in [-0.4, -0.2) is 43.1 Å². The number of rotatable bonds is 4. The molecule has 1 aromatic carbocycles. The van der Waals surface area contributed by atoms with Crippen molar-refractivity contribution in [2.75, 3.05) is 26.3 Å². The summed E-state index contributed by atoms with van der Waals surface area (Å²) in [4.78, 5) is 26.9. The van der Waals surface area contributed by atoms with Gasteiger partial charge >= 0.3 is 5.97 Å². The van der Waals surface area contributed by atoms with Gasteiger partial charge in [-0.25, -0.2) is 4.79 Å². The molecule has 0 N–H and O–H groups in total. The lowest BCUT2D eigenvalue weighted by atomic mass is 10.1. The molecule has 1 aliphatic heterocycles. The Balaban J connectivity index is 1.83. The van der Waals surface area contributed by atoms with Crippen LogP contribution in [0.5, 0.6) is 0 Å². The monoisotopic (exact) mass is 329 g/mol. The first-order chi connectivity index (χ1) is 11.7. The van der Waals surface area contributed by atoms with Crippen LogP contribution < -0.4 is 0 Å². The van der Waals surface area contributed by atoms with Crippen molar-refractivity contribution in [2.45, 2.75) is 13.0 Å². The highest BCUT2D eigenvalue weighted by Gasteiger charge is 2.31. The molecule has 0 aliphatic carbocycles. The third kappa shape index (κ3) is 3.49. The Hall–Kier alpha value is -2.60. The number of nitrogens with zero attached hydrogens (tertiary/aromatic N) is 1. The van der Waals surface area contributed by atoms with E-state index in [9.17, 15) is 9.59 Å². The van der Waals surface area contributed by atoms with Crippen LogP contribution in [0.4, 0.5) is 0 Å². The zero-order valence-corrected chi connectivity index (χ0v) is 13.4. The van der Waals surface area contributed by atoms with Gasteiger partial charge in [0.05, 0.1) is 19.5 Å². The van der Waals surface area contributed by atoms with E-state index in [0.29, 0.717) is 43.2 Å². The molecule has 24 heavy (non-hydrogen) atoms. The number of hydrogen-bond donors (Lipinski definition) is 0. The van der Waals surface area contributed by atoms with Gasteiger partial charge in [-0.15, -0.1) is 0 Å². The summed E-state index contributed by atoms with van der Waals surface area (Å²) in [5, 5.41) is 0. The maximum Gasteiger partial charge on any atom is 0.342 e. The smallest absolute Gasteiger partial charge is 0.342 e. The Morgan fingerprint density at radius 3 is 2.46 bits per heavy atom. The molecule has 1 amide bonds.